The van der Waals surface area contributed by atoms with Crippen LogP contribution in [0.25, 0.3) is 0 Å². The van der Waals surface area contributed by atoms with E-state index in [1.807, 2.05) is 0 Å². The van der Waals surface area contributed by atoms with Gasteiger partial charge in [-0.1, -0.05) is 0 Å². The Morgan fingerprint density at radius 3 is 3.00 bits per heavy atom. The van der Waals surface area contributed by atoms with Gasteiger partial charge in [0.15, 0.2) is 5.82 Å². The molecular formula is C10H16N4O3. The zero-order valence-corrected chi connectivity index (χ0v) is 9.66. The van der Waals surface area contributed by atoms with Gasteiger partial charge in [-0.25, -0.2) is 4.98 Å². The van der Waals surface area contributed by atoms with Gasteiger partial charge in [-0.3, -0.25) is 9.59 Å². The van der Waals surface area contributed by atoms with Gasteiger partial charge in [-0.2, -0.15) is 0 Å². The van der Waals surface area contributed by atoms with Crippen molar-refractivity contribution < 1.29 is 9.53 Å². The molecule has 0 saturated heterocycles. The van der Waals surface area contributed by atoms with E-state index in [4.69, 9.17) is 10.5 Å². The maximum atomic E-state index is 11.3. The Morgan fingerprint density at radius 1 is 1.59 bits per heavy atom. The van der Waals surface area contributed by atoms with E-state index in [-0.39, 0.29) is 17.2 Å². The van der Waals surface area contributed by atoms with E-state index in [0.717, 1.165) is 6.42 Å². The van der Waals surface area contributed by atoms with Gasteiger partial charge >= 0.3 is 0 Å². The Kier molecular flexibility index (Phi) is 4.99. The normalized spacial score (nSPS) is 9.94. The highest BCUT2D eigenvalue weighted by molar-refractivity contribution is 5.73. The van der Waals surface area contributed by atoms with Crippen molar-refractivity contribution in [1.29, 1.82) is 0 Å². The van der Waals surface area contributed by atoms with Crippen LogP contribution in [0.1, 0.15) is 19.3 Å². The van der Waals surface area contributed by atoms with Crippen molar-refractivity contribution in [1.82, 2.24) is 9.97 Å². The number of H-pyrrole nitrogens is 1. The van der Waals surface area contributed by atoms with Gasteiger partial charge in [0.2, 0.25) is 11.7 Å². The van der Waals surface area contributed by atoms with Gasteiger partial charge in [-0.05, 0) is 12.8 Å². The molecule has 7 heteroatoms. The van der Waals surface area contributed by atoms with E-state index >= 15 is 0 Å². The smallest absolute Gasteiger partial charge is 0.295 e. The number of amides is 1. The number of anilines is 1. The molecule has 1 aromatic heterocycles. The molecule has 0 aliphatic heterocycles. The number of methoxy groups -OCH3 is 1. The summed E-state index contributed by atoms with van der Waals surface area (Å²) in [5, 5.41) is 2.97. The number of hydrogen-bond acceptors (Lipinski definition) is 5. The van der Waals surface area contributed by atoms with E-state index in [1.165, 1.54) is 13.4 Å². The number of carbonyl (C=O) groups excluding carboxylic acids is 1. The van der Waals surface area contributed by atoms with Gasteiger partial charge < -0.3 is 20.8 Å². The molecule has 1 amide bonds. The monoisotopic (exact) mass is 240 g/mol. The van der Waals surface area contributed by atoms with Crippen molar-refractivity contribution in [3.63, 3.8) is 0 Å². The number of hydrogen-bond donors (Lipinski definition) is 3. The zero-order valence-electron chi connectivity index (χ0n) is 9.66. The van der Waals surface area contributed by atoms with Crippen LogP contribution in [0.4, 0.5) is 5.82 Å². The average Bonchev–Trinajstić information content (AvgIpc) is 2.28. The maximum absolute atomic E-state index is 11.3. The summed E-state index contributed by atoms with van der Waals surface area (Å²) in [4.78, 5) is 28.2. The van der Waals surface area contributed by atoms with Crippen molar-refractivity contribution in [2.24, 2.45) is 5.73 Å². The van der Waals surface area contributed by atoms with Crippen molar-refractivity contribution in [2.75, 3.05) is 19.0 Å². The van der Waals surface area contributed by atoms with Gasteiger partial charge in [0.25, 0.3) is 5.56 Å². The Labute approximate surface area is 98.4 Å². The summed E-state index contributed by atoms with van der Waals surface area (Å²) < 4.78 is 4.93. The zero-order chi connectivity index (χ0) is 12.7. The van der Waals surface area contributed by atoms with Crippen molar-refractivity contribution in [2.45, 2.75) is 19.3 Å². The first-order chi connectivity index (χ1) is 8.15. The Hall–Kier alpha value is -2.05. The molecule has 1 rings (SSSR count). The van der Waals surface area contributed by atoms with Crippen molar-refractivity contribution in [3.8, 4) is 5.75 Å². The lowest BCUT2D eigenvalue weighted by Gasteiger charge is -2.08. The first kappa shape index (κ1) is 13.0. The van der Waals surface area contributed by atoms with Crippen molar-refractivity contribution >= 4 is 11.7 Å². The highest BCUT2D eigenvalue weighted by Crippen LogP contribution is 2.14. The molecule has 1 aromatic rings. The second kappa shape index (κ2) is 6.51. The Bertz CT molecular complexity index is 430. The number of aromatic amines is 1. The van der Waals surface area contributed by atoms with Crippen LogP contribution in [-0.4, -0.2) is 29.5 Å². The third-order valence-electron chi connectivity index (χ3n) is 2.16. The minimum Gasteiger partial charge on any atom is -0.489 e. The largest absolute Gasteiger partial charge is 0.489 e. The summed E-state index contributed by atoms with van der Waals surface area (Å²) in [6.45, 7) is 0.597. The number of nitrogens with one attached hydrogen (secondary N) is 2. The van der Waals surface area contributed by atoms with Gasteiger partial charge in [0.05, 0.1) is 13.4 Å². The fourth-order valence-electron chi connectivity index (χ4n) is 1.33. The molecule has 17 heavy (non-hydrogen) atoms. The molecule has 0 radical (unpaired) electrons. The predicted molar refractivity (Wildman–Crippen MR) is 62.9 cm³/mol. The molecule has 94 valence electrons. The molecule has 0 aromatic carbocycles. The Balaban J connectivity index is 2.44. The molecule has 0 spiro atoms. The minimum atomic E-state index is -0.331. The number of nitrogens with zero attached hydrogens (tertiary/aromatic N) is 1. The fourth-order valence-corrected chi connectivity index (χ4v) is 1.33. The second-order valence-electron chi connectivity index (χ2n) is 3.46. The molecule has 0 aliphatic rings. The van der Waals surface area contributed by atoms with Gasteiger partial charge in [-0.15, -0.1) is 0 Å². The molecule has 0 aliphatic carbocycles. The number of primary amides is 1. The molecule has 1 heterocycles. The summed E-state index contributed by atoms with van der Waals surface area (Å²) in [5.74, 6) is 0.245. The maximum Gasteiger partial charge on any atom is 0.295 e. The fraction of sp³-hybridized carbons (Fsp3) is 0.500. The number of rotatable bonds is 7. The average molecular weight is 240 g/mol. The number of aromatic nitrogens is 2. The van der Waals surface area contributed by atoms with Crippen LogP contribution < -0.4 is 21.3 Å². The summed E-state index contributed by atoms with van der Waals surface area (Å²) in [7, 11) is 1.41. The first-order valence-electron chi connectivity index (χ1n) is 5.29. The number of ether oxygens (including phenoxy) is 1. The lowest BCUT2D eigenvalue weighted by molar-refractivity contribution is -0.118. The highest BCUT2D eigenvalue weighted by Gasteiger charge is 2.07. The molecule has 0 fully saturated rings. The molecule has 0 unspecified atom stereocenters. The summed E-state index contributed by atoms with van der Waals surface area (Å²) in [6.07, 6.45) is 3.13. The molecule has 0 atom stereocenters. The van der Waals surface area contributed by atoms with E-state index in [1.54, 1.807) is 0 Å². The highest BCUT2D eigenvalue weighted by atomic mass is 16.5. The van der Waals surface area contributed by atoms with Gasteiger partial charge in [0, 0.05) is 13.0 Å². The lowest BCUT2D eigenvalue weighted by atomic mass is 10.2. The standard InChI is InChI=1S/C10H16N4O3/c1-17-8-9(13-6-14-10(8)16)12-5-3-2-4-7(11)15/h6H,2-5H2,1H3,(H2,11,15)(H2,12,13,14,16). The van der Waals surface area contributed by atoms with E-state index in [0.29, 0.717) is 25.2 Å². The summed E-state index contributed by atoms with van der Waals surface area (Å²) >= 11 is 0. The third kappa shape index (κ3) is 4.13. The molecule has 4 N–H and O–H groups in total. The molecule has 0 bridgehead atoms. The quantitative estimate of drug-likeness (QED) is 0.574. The van der Waals surface area contributed by atoms with Crippen molar-refractivity contribution in [3.05, 3.63) is 16.7 Å². The van der Waals surface area contributed by atoms with E-state index < -0.39 is 0 Å². The van der Waals surface area contributed by atoms with Crippen LogP contribution in [0.2, 0.25) is 0 Å². The number of carbonyl (C=O) groups is 1. The van der Waals surface area contributed by atoms with Crippen LogP contribution in [-0.2, 0) is 4.79 Å². The number of unbranched alkanes of at least 4 members (excludes halogenated alkanes) is 1. The Morgan fingerprint density at radius 2 is 2.35 bits per heavy atom. The van der Waals surface area contributed by atoms with Crippen LogP contribution >= 0.6 is 0 Å². The van der Waals surface area contributed by atoms with Crippen LogP contribution in [0.5, 0.6) is 5.75 Å². The first-order valence-corrected chi connectivity index (χ1v) is 5.29. The van der Waals surface area contributed by atoms with Crippen LogP contribution in [0, 0.1) is 0 Å². The van der Waals surface area contributed by atoms with E-state index in [2.05, 4.69) is 15.3 Å². The minimum absolute atomic E-state index is 0.155. The third-order valence-corrected chi connectivity index (χ3v) is 2.16. The molecule has 7 nitrogen and oxygen atoms in total. The van der Waals surface area contributed by atoms with Gasteiger partial charge in [0.1, 0.15) is 0 Å². The predicted octanol–water partition coefficient (Wildman–Crippen LogP) is -0.154. The van der Waals surface area contributed by atoms with Crippen LogP contribution in [0.15, 0.2) is 11.1 Å². The topological polar surface area (TPSA) is 110 Å². The van der Waals surface area contributed by atoms with E-state index in [9.17, 15) is 9.59 Å². The summed E-state index contributed by atoms with van der Waals surface area (Å²) in [6, 6.07) is 0. The molecular weight excluding hydrogens is 224 g/mol. The number of nitrogens with two attached hydrogens (primary N) is 1. The molecule has 0 saturated carbocycles. The second-order valence-corrected chi connectivity index (χ2v) is 3.46. The SMILES string of the molecule is COc1c(NCCCCC(N)=O)nc[nH]c1=O. The lowest BCUT2D eigenvalue weighted by Crippen LogP contribution is -2.15. The van der Waals surface area contributed by atoms with Crippen LogP contribution in [0.3, 0.4) is 0 Å². The summed E-state index contributed by atoms with van der Waals surface area (Å²) in [5.41, 5.74) is 4.68.